The summed E-state index contributed by atoms with van der Waals surface area (Å²) >= 11 is 5.85. The van der Waals surface area contributed by atoms with Crippen LogP contribution in [0.15, 0.2) is 42.5 Å². The molecule has 2 rings (SSSR count). The minimum Gasteiger partial charge on any atom is -0.433 e. The van der Waals surface area contributed by atoms with Crippen LogP contribution in [0, 0.1) is 0 Å². The van der Waals surface area contributed by atoms with Gasteiger partial charge in [0, 0.05) is 31.0 Å². The van der Waals surface area contributed by atoms with Crippen molar-refractivity contribution < 1.29 is 18.3 Å². The van der Waals surface area contributed by atoms with Crippen LogP contribution in [0.1, 0.15) is 10.4 Å². The third-order valence-corrected chi connectivity index (χ3v) is 3.33. The summed E-state index contributed by atoms with van der Waals surface area (Å²) in [4.78, 5) is 14.1. The molecule has 4 nitrogen and oxygen atoms in total. The Bertz CT molecular complexity index is 708. The van der Waals surface area contributed by atoms with Crippen molar-refractivity contribution in [2.24, 2.45) is 0 Å². The molecule has 0 aliphatic carbocycles. The van der Waals surface area contributed by atoms with Gasteiger partial charge in [0.25, 0.3) is 5.91 Å². The fourth-order valence-electron chi connectivity index (χ4n) is 1.90. The largest absolute Gasteiger partial charge is 0.433 e. The predicted octanol–water partition coefficient (Wildman–Crippen LogP) is 4.26. The minimum absolute atomic E-state index is 0.00913. The van der Waals surface area contributed by atoms with Crippen LogP contribution in [0.25, 0.3) is 0 Å². The van der Waals surface area contributed by atoms with Gasteiger partial charge in [-0.3, -0.25) is 4.79 Å². The number of hydrogen-bond donors (Lipinski definition) is 1. The van der Waals surface area contributed by atoms with E-state index in [1.807, 2.05) is 25.1 Å². The Morgan fingerprint density at radius 3 is 2.57 bits per heavy atom. The number of benzene rings is 2. The van der Waals surface area contributed by atoms with E-state index in [4.69, 9.17) is 11.6 Å². The van der Waals surface area contributed by atoms with Crippen LogP contribution in [0.3, 0.4) is 0 Å². The molecule has 0 aromatic heterocycles. The number of rotatable bonds is 5. The number of halogens is 3. The maximum Gasteiger partial charge on any atom is 0.387 e. The Hall–Kier alpha value is -2.34. The third kappa shape index (κ3) is 4.56. The molecule has 0 atom stereocenters. The van der Waals surface area contributed by atoms with E-state index < -0.39 is 6.61 Å². The van der Waals surface area contributed by atoms with Crippen LogP contribution < -0.4 is 15.0 Å². The zero-order chi connectivity index (χ0) is 17.0. The van der Waals surface area contributed by atoms with Crippen LogP contribution in [0.2, 0.25) is 5.02 Å². The molecule has 23 heavy (non-hydrogen) atoms. The minimum atomic E-state index is -2.96. The van der Waals surface area contributed by atoms with Crippen LogP contribution in [0.5, 0.6) is 5.75 Å². The highest BCUT2D eigenvalue weighted by molar-refractivity contribution is 6.32. The highest BCUT2D eigenvalue weighted by Crippen LogP contribution is 2.29. The molecule has 0 spiro atoms. The third-order valence-electron chi connectivity index (χ3n) is 3.03. The lowest BCUT2D eigenvalue weighted by Crippen LogP contribution is -2.14. The van der Waals surface area contributed by atoms with Crippen molar-refractivity contribution in [1.82, 2.24) is 0 Å². The topological polar surface area (TPSA) is 41.6 Å². The van der Waals surface area contributed by atoms with Gasteiger partial charge in [-0.2, -0.15) is 8.78 Å². The van der Waals surface area contributed by atoms with Gasteiger partial charge in [-0.1, -0.05) is 17.7 Å². The zero-order valence-corrected chi connectivity index (χ0v) is 13.3. The van der Waals surface area contributed by atoms with Gasteiger partial charge in [0.2, 0.25) is 0 Å². The van der Waals surface area contributed by atoms with Crippen molar-refractivity contribution in [2.75, 3.05) is 24.3 Å². The van der Waals surface area contributed by atoms with Gasteiger partial charge in [-0.05, 0) is 36.4 Å². The summed E-state index contributed by atoms with van der Waals surface area (Å²) in [6.45, 7) is -2.96. The molecule has 0 aliphatic heterocycles. The summed E-state index contributed by atoms with van der Waals surface area (Å²) in [7, 11) is 3.75. The Morgan fingerprint density at radius 2 is 1.96 bits per heavy atom. The van der Waals surface area contributed by atoms with Gasteiger partial charge in [0.05, 0.1) is 5.02 Å². The number of nitrogens with one attached hydrogen (secondary N) is 1. The summed E-state index contributed by atoms with van der Waals surface area (Å²) in [5, 5.41) is 2.65. The first-order valence-corrected chi connectivity index (χ1v) is 7.07. The van der Waals surface area contributed by atoms with Gasteiger partial charge in [-0.15, -0.1) is 0 Å². The number of nitrogens with zero attached hydrogens (tertiary/aromatic N) is 1. The summed E-state index contributed by atoms with van der Waals surface area (Å²) in [5.41, 5.74) is 1.74. The van der Waals surface area contributed by atoms with E-state index in [2.05, 4.69) is 10.1 Å². The first-order chi connectivity index (χ1) is 10.9. The van der Waals surface area contributed by atoms with Crippen molar-refractivity contribution >= 4 is 28.9 Å². The first-order valence-electron chi connectivity index (χ1n) is 6.70. The second kappa shape index (κ2) is 7.28. The van der Waals surface area contributed by atoms with E-state index in [1.165, 1.54) is 18.2 Å². The van der Waals surface area contributed by atoms with Crippen molar-refractivity contribution in [3.63, 3.8) is 0 Å². The molecule has 0 saturated carbocycles. The number of ether oxygens (including phenoxy) is 1. The highest BCUT2D eigenvalue weighted by Gasteiger charge is 2.11. The molecule has 0 unspecified atom stereocenters. The standard InChI is InChI=1S/C16H15ClF2N2O2/c1-21(2)12-5-3-4-10(8-12)15(22)20-11-6-7-14(13(17)9-11)23-16(18)19/h3-9,16H,1-2H3,(H,20,22). The monoisotopic (exact) mass is 340 g/mol. The van der Waals surface area contributed by atoms with E-state index in [-0.39, 0.29) is 16.7 Å². The van der Waals surface area contributed by atoms with Crippen LogP contribution >= 0.6 is 11.6 Å². The molecule has 7 heteroatoms. The molecule has 0 aliphatic rings. The lowest BCUT2D eigenvalue weighted by atomic mass is 10.1. The lowest BCUT2D eigenvalue weighted by Gasteiger charge is -2.14. The second-order valence-corrected chi connectivity index (χ2v) is 5.33. The van der Waals surface area contributed by atoms with E-state index in [0.717, 1.165) is 5.69 Å². The van der Waals surface area contributed by atoms with Crippen molar-refractivity contribution in [2.45, 2.75) is 6.61 Å². The predicted molar refractivity (Wildman–Crippen MR) is 86.8 cm³/mol. The number of amides is 1. The molecule has 0 fully saturated rings. The first kappa shape index (κ1) is 17.0. The molecule has 2 aromatic carbocycles. The summed E-state index contributed by atoms with van der Waals surface area (Å²) < 4.78 is 28.6. The van der Waals surface area contributed by atoms with E-state index in [9.17, 15) is 13.6 Å². The zero-order valence-electron chi connectivity index (χ0n) is 12.5. The number of carbonyl (C=O) groups excluding carboxylic acids is 1. The maximum atomic E-state index is 12.2. The normalized spacial score (nSPS) is 10.5. The molecule has 1 N–H and O–H groups in total. The Balaban J connectivity index is 2.14. The van der Waals surface area contributed by atoms with Gasteiger partial charge < -0.3 is 15.0 Å². The van der Waals surface area contributed by atoms with Gasteiger partial charge in [-0.25, -0.2) is 0 Å². The summed E-state index contributed by atoms with van der Waals surface area (Å²) in [6, 6.07) is 11.1. The van der Waals surface area contributed by atoms with Gasteiger partial charge >= 0.3 is 6.61 Å². The second-order valence-electron chi connectivity index (χ2n) is 4.92. The number of alkyl halides is 2. The van der Waals surface area contributed by atoms with Crippen molar-refractivity contribution in [3.8, 4) is 5.75 Å². The number of carbonyl (C=O) groups is 1. The Morgan fingerprint density at radius 1 is 1.22 bits per heavy atom. The van der Waals surface area contributed by atoms with Crippen molar-refractivity contribution in [1.29, 1.82) is 0 Å². The lowest BCUT2D eigenvalue weighted by molar-refractivity contribution is -0.0497. The average Bonchev–Trinajstić information content (AvgIpc) is 2.49. The van der Waals surface area contributed by atoms with E-state index in [0.29, 0.717) is 11.3 Å². The smallest absolute Gasteiger partial charge is 0.387 e. The quantitative estimate of drug-likeness (QED) is 0.884. The average molecular weight is 341 g/mol. The Labute approximate surface area is 137 Å². The van der Waals surface area contributed by atoms with E-state index in [1.54, 1.807) is 18.2 Å². The van der Waals surface area contributed by atoms with Crippen LogP contribution in [-0.4, -0.2) is 26.6 Å². The number of anilines is 2. The van der Waals surface area contributed by atoms with Crippen LogP contribution in [-0.2, 0) is 0 Å². The fraction of sp³-hybridized carbons (Fsp3) is 0.188. The van der Waals surface area contributed by atoms with Crippen LogP contribution in [0.4, 0.5) is 20.2 Å². The molecular formula is C16H15ClF2N2O2. The molecule has 1 amide bonds. The molecule has 0 radical (unpaired) electrons. The molecule has 0 saturated heterocycles. The summed E-state index contributed by atoms with van der Waals surface area (Å²) in [5.74, 6) is -0.471. The summed E-state index contributed by atoms with van der Waals surface area (Å²) in [6.07, 6.45) is 0. The maximum absolute atomic E-state index is 12.2. The molecule has 0 heterocycles. The van der Waals surface area contributed by atoms with Gasteiger partial charge in [0.15, 0.2) is 0 Å². The molecule has 2 aromatic rings. The van der Waals surface area contributed by atoms with Gasteiger partial charge in [0.1, 0.15) is 5.75 Å². The molecule has 0 bridgehead atoms. The molecular weight excluding hydrogens is 326 g/mol. The fourth-order valence-corrected chi connectivity index (χ4v) is 2.12. The highest BCUT2D eigenvalue weighted by atomic mass is 35.5. The Kier molecular flexibility index (Phi) is 5.39. The number of hydrogen-bond acceptors (Lipinski definition) is 3. The SMILES string of the molecule is CN(C)c1cccc(C(=O)Nc2ccc(OC(F)F)c(Cl)c2)c1. The van der Waals surface area contributed by atoms with Crippen molar-refractivity contribution in [3.05, 3.63) is 53.1 Å². The molecule has 122 valence electrons. The van der Waals surface area contributed by atoms with E-state index >= 15 is 0 Å².